The van der Waals surface area contributed by atoms with Gasteiger partial charge in [-0.3, -0.25) is 14.4 Å². The first-order chi connectivity index (χ1) is 16.3. The van der Waals surface area contributed by atoms with E-state index in [1.54, 1.807) is 36.4 Å². The normalized spacial score (nSPS) is 15.1. The number of carbonyl (C=O) groups is 1. The maximum atomic E-state index is 12.8. The highest BCUT2D eigenvalue weighted by atomic mass is 35.5. The van der Waals surface area contributed by atoms with Crippen LogP contribution in [0, 0.1) is 5.92 Å². The van der Waals surface area contributed by atoms with Gasteiger partial charge in [0.1, 0.15) is 0 Å². The minimum atomic E-state index is -3.80. The Labute approximate surface area is 209 Å². The van der Waals surface area contributed by atoms with E-state index in [0.29, 0.717) is 16.4 Å². The van der Waals surface area contributed by atoms with Gasteiger partial charge in [-0.25, -0.2) is 8.42 Å². The molecule has 2 N–H and O–H groups in total. The molecule has 0 aromatic heterocycles. The number of benzene rings is 3. The minimum Gasteiger partial charge on any atom is -0.326 e. The number of piperidine rings is 1. The highest BCUT2D eigenvalue weighted by molar-refractivity contribution is 7.92. The zero-order valence-corrected chi connectivity index (χ0v) is 20.7. The van der Waals surface area contributed by atoms with Crippen molar-refractivity contribution in [2.45, 2.75) is 24.3 Å². The number of hydrogen-bond donors (Lipinski definition) is 2. The summed E-state index contributed by atoms with van der Waals surface area (Å²) in [6, 6.07) is 20.5. The highest BCUT2D eigenvalue weighted by Crippen LogP contribution is 2.26. The van der Waals surface area contributed by atoms with E-state index in [4.69, 9.17) is 23.2 Å². The van der Waals surface area contributed by atoms with Crippen molar-refractivity contribution in [1.29, 1.82) is 0 Å². The molecule has 1 saturated heterocycles. The molecule has 9 heteroatoms. The number of nitrogens with zero attached hydrogens (tertiary/aromatic N) is 1. The smallest absolute Gasteiger partial charge is 0.261 e. The van der Waals surface area contributed by atoms with Crippen LogP contribution in [0.5, 0.6) is 0 Å². The van der Waals surface area contributed by atoms with Gasteiger partial charge in [0.2, 0.25) is 5.91 Å². The Balaban J connectivity index is 1.31. The van der Waals surface area contributed by atoms with Gasteiger partial charge in [0.15, 0.2) is 0 Å². The van der Waals surface area contributed by atoms with Crippen LogP contribution in [0.15, 0.2) is 77.7 Å². The van der Waals surface area contributed by atoms with Gasteiger partial charge in [-0.15, -0.1) is 0 Å². The SMILES string of the molecule is O=C(Nc1ccc(S(=O)(=O)Nc2ccccc2Cl)cc1)C1CCN(Cc2ccccc2Cl)CC1. The van der Waals surface area contributed by atoms with Crippen molar-refractivity contribution < 1.29 is 13.2 Å². The summed E-state index contributed by atoms with van der Waals surface area (Å²) in [5, 5.41) is 3.98. The molecule has 6 nitrogen and oxygen atoms in total. The molecule has 0 spiro atoms. The zero-order valence-electron chi connectivity index (χ0n) is 18.4. The summed E-state index contributed by atoms with van der Waals surface area (Å²) in [7, 11) is -3.80. The number of likely N-dealkylation sites (tertiary alicyclic amines) is 1. The molecule has 1 fully saturated rings. The molecule has 1 aliphatic rings. The van der Waals surface area contributed by atoms with Crippen molar-refractivity contribution in [1.82, 2.24) is 4.90 Å². The van der Waals surface area contributed by atoms with Crippen LogP contribution in [0.1, 0.15) is 18.4 Å². The first-order valence-electron chi connectivity index (χ1n) is 11.0. The van der Waals surface area contributed by atoms with Crippen molar-refractivity contribution in [2.24, 2.45) is 5.92 Å². The number of para-hydroxylation sites is 1. The molecule has 0 radical (unpaired) electrons. The highest BCUT2D eigenvalue weighted by Gasteiger charge is 2.25. The Morgan fingerprint density at radius 1 is 0.882 bits per heavy atom. The summed E-state index contributed by atoms with van der Waals surface area (Å²) in [4.78, 5) is 15.1. The lowest BCUT2D eigenvalue weighted by atomic mass is 9.95. The van der Waals surface area contributed by atoms with E-state index in [9.17, 15) is 13.2 Å². The summed E-state index contributed by atoms with van der Waals surface area (Å²) < 4.78 is 27.8. The second kappa shape index (κ2) is 10.8. The minimum absolute atomic E-state index is 0.0535. The van der Waals surface area contributed by atoms with Crippen LogP contribution in [0.3, 0.4) is 0 Å². The third-order valence-corrected chi connectivity index (χ3v) is 7.94. The summed E-state index contributed by atoms with van der Waals surface area (Å²) in [5.74, 6) is -0.144. The molecule has 0 unspecified atom stereocenters. The van der Waals surface area contributed by atoms with Crippen molar-refractivity contribution >= 4 is 50.5 Å². The van der Waals surface area contributed by atoms with Gasteiger partial charge in [0.25, 0.3) is 10.0 Å². The maximum absolute atomic E-state index is 12.8. The monoisotopic (exact) mass is 517 g/mol. The molecule has 3 aromatic carbocycles. The van der Waals surface area contributed by atoms with E-state index in [-0.39, 0.29) is 16.7 Å². The largest absolute Gasteiger partial charge is 0.326 e. The molecule has 1 aliphatic heterocycles. The van der Waals surface area contributed by atoms with Gasteiger partial charge in [-0.2, -0.15) is 0 Å². The lowest BCUT2D eigenvalue weighted by molar-refractivity contribution is -0.121. The average molecular weight is 518 g/mol. The Bertz CT molecular complexity index is 1260. The van der Waals surface area contributed by atoms with Crippen molar-refractivity contribution in [3.05, 3.63) is 88.4 Å². The second-order valence-corrected chi connectivity index (χ2v) is 10.7. The molecule has 3 aromatic rings. The first-order valence-corrected chi connectivity index (χ1v) is 13.2. The summed E-state index contributed by atoms with van der Waals surface area (Å²) in [5.41, 5.74) is 1.95. The third kappa shape index (κ3) is 6.10. The molecule has 0 saturated carbocycles. The number of sulfonamides is 1. The Morgan fingerprint density at radius 3 is 2.15 bits per heavy atom. The topological polar surface area (TPSA) is 78.5 Å². The molecule has 0 atom stereocenters. The number of halogens is 2. The predicted octanol–water partition coefficient (Wildman–Crippen LogP) is 5.64. The Kier molecular flexibility index (Phi) is 7.78. The van der Waals surface area contributed by atoms with Crippen molar-refractivity contribution in [3.63, 3.8) is 0 Å². The Morgan fingerprint density at radius 2 is 1.50 bits per heavy atom. The van der Waals surface area contributed by atoms with Gasteiger partial charge in [0.05, 0.1) is 15.6 Å². The van der Waals surface area contributed by atoms with Gasteiger partial charge in [-0.1, -0.05) is 53.5 Å². The van der Waals surface area contributed by atoms with Crippen LogP contribution in [0.4, 0.5) is 11.4 Å². The fourth-order valence-corrected chi connectivity index (χ4v) is 5.44. The van der Waals surface area contributed by atoms with E-state index in [1.807, 2.05) is 24.3 Å². The summed E-state index contributed by atoms with van der Waals surface area (Å²) in [6.07, 6.45) is 1.51. The van der Waals surface area contributed by atoms with Crippen LogP contribution >= 0.6 is 23.2 Å². The second-order valence-electron chi connectivity index (χ2n) is 8.24. The summed E-state index contributed by atoms with van der Waals surface area (Å²) in [6.45, 7) is 2.40. The van der Waals surface area contributed by atoms with Gasteiger partial charge in [-0.05, 0) is 74.0 Å². The molecule has 178 valence electrons. The van der Waals surface area contributed by atoms with Gasteiger partial charge in [0, 0.05) is 23.2 Å². The number of anilines is 2. The average Bonchev–Trinajstić information content (AvgIpc) is 2.83. The number of hydrogen-bond acceptors (Lipinski definition) is 4. The van der Waals surface area contributed by atoms with E-state index >= 15 is 0 Å². The summed E-state index contributed by atoms with van der Waals surface area (Å²) >= 11 is 12.3. The standard InChI is InChI=1S/C25H25Cl2N3O3S/c26-22-6-2-1-5-19(22)17-30-15-13-18(14-16-30)25(31)28-20-9-11-21(12-10-20)34(32,33)29-24-8-4-3-7-23(24)27/h1-12,18,29H,13-17H2,(H,28,31). The van der Waals surface area contributed by atoms with Gasteiger partial charge >= 0.3 is 0 Å². The lowest BCUT2D eigenvalue weighted by Crippen LogP contribution is -2.37. The molecule has 34 heavy (non-hydrogen) atoms. The van der Waals surface area contributed by atoms with Crippen LogP contribution in [-0.2, 0) is 21.4 Å². The van der Waals surface area contributed by atoms with E-state index in [1.165, 1.54) is 12.1 Å². The molecule has 4 rings (SSSR count). The molecule has 1 amide bonds. The van der Waals surface area contributed by atoms with E-state index < -0.39 is 10.0 Å². The molecule has 0 bridgehead atoms. The molecular formula is C25H25Cl2N3O3S. The van der Waals surface area contributed by atoms with Crippen LogP contribution < -0.4 is 10.0 Å². The fourth-order valence-electron chi connectivity index (χ4n) is 3.93. The molecule has 1 heterocycles. The maximum Gasteiger partial charge on any atom is 0.261 e. The van der Waals surface area contributed by atoms with Crippen LogP contribution in [0.2, 0.25) is 10.0 Å². The van der Waals surface area contributed by atoms with Crippen LogP contribution in [0.25, 0.3) is 0 Å². The predicted molar refractivity (Wildman–Crippen MR) is 137 cm³/mol. The van der Waals surface area contributed by atoms with E-state index in [2.05, 4.69) is 14.9 Å². The van der Waals surface area contributed by atoms with Crippen LogP contribution in [-0.4, -0.2) is 32.3 Å². The van der Waals surface area contributed by atoms with E-state index in [0.717, 1.165) is 43.1 Å². The fraction of sp³-hybridized carbons (Fsp3) is 0.240. The van der Waals surface area contributed by atoms with Crippen molar-refractivity contribution in [2.75, 3.05) is 23.1 Å². The van der Waals surface area contributed by atoms with Crippen molar-refractivity contribution in [3.8, 4) is 0 Å². The third-order valence-electron chi connectivity index (χ3n) is 5.86. The number of amides is 1. The first kappa shape index (κ1) is 24.5. The number of rotatable bonds is 7. The Hall–Kier alpha value is -2.58. The lowest BCUT2D eigenvalue weighted by Gasteiger charge is -2.31. The molecular weight excluding hydrogens is 493 g/mol. The van der Waals surface area contributed by atoms with Gasteiger partial charge < -0.3 is 5.32 Å². The molecule has 0 aliphatic carbocycles. The zero-order chi connectivity index (χ0) is 24.1. The number of nitrogens with one attached hydrogen (secondary N) is 2. The quantitative estimate of drug-likeness (QED) is 0.424. The number of carbonyl (C=O) groups excluding carboxylic acids is 1.